The third kappa shape index (κ3) is 4.82. The van der Waals surface area contributed by atoms with Crippen LogP contribution >= 0.6 is 28.4 Å². The Labute approximate surface area is 213 Å². The van der Waals surface area contributed by atoms with Crippen LogP contribution < -0.4 is 14.5 Å². The number of benzene rings is 1. The number of halogens is 4. The molecule has 2 saturated heterocycles. The SMILES string of the molecule is CC1(C)C(=O)N(c2ccc(C#N)c(C(F)(F)F)c2)C(=S)N1c1cnc(OC2CCN(Br)CC2)nc1. The predicted octanol–water partition coefficient (Wildman–Crippen LogP) is 4.44. The lowest BCUT2D eigenvalue weighted by molar-refractivity contribution is -0.137. The largest absolute Gasteiger partial charge is 0.460 e. The molecule has 0 aliphatic carbocycles. The van der Waals surface area contributed by atoms with Crippen LogP contribution in [0.1, 0.15) is 37.8 Å². The van der Waals surface area contributed by atoms with Crippen molar-refractivity contribution in [2.75, 3.05) is 22.9 Å². The van der Waals surface area contributed by atoms with E-state index in [2.05, 4.69) is 26.1 Å². The summed E-state index contributed by atoms with van der Waals surface area (Å²) in [6.45, 7) is 4.88. The monoisotopic (exact) mass is 568 g/mol. The van der Waals surface area contributed by atoms with Gasteiger partial charge in [-0.05, 0) is 57.1 Å². The van der Waals surface area contributed by atoms with Crippen molar-refractivity contribution < 1.29 is 22.7 Å². The van der Waals surface area contributed by atoms with Crippen molar-refractivity contribution in [3.63, 3.8) is 0 Å². The zero-order valence-electron chi connectivity index (χ0n) is 18.7. The molecular formula is C22H20BrF3N6O2S. The van der Waals surface area contributed by atoms with E-state index in [4.69, 9.17) is 22.2 Å². The fraction of sp³-hybridized carbons (Fsp3) is 0.409. The van der Waals surface area contributed by atoms with E-state index >= 15 is 0 Å². The Morgan fingerprint density at radius 2 is 1.83 bits per heavy atom. The van der Waals surface area contributed by atoms with Gasteiger partial charge in [-0.2, -0.15) is 18.4 Å². The van der Waals surface area contributed by atoms with E-state index in [-0.39, 0.29) is 22.9 Å². The number of rotatable bonds is 4. The number of hydrogen-bond acceptors (Lipinski definition) is 7. The van der Waals surface area contributed by atoms with E-state index in [9.17, 15) is 18.0 Å². The summed E-state index contributed by atoms with van der Waals surface area (Å²) in [4.78, 5) is 24.3. The van der Waals surface area contributed by atoms with Gasteiger partial charge in [0, 0.05) is 29.2 Å². The van der Waals surface area contributed by atoms with Crippen LogP contribution in [0.15, 0.2) is 30.6 Å². The van der Waals surface area contributed by atoms with Gasteiger partial charge < -0.3 is 9.64 Å². The number of aromatic nitrogens is 2. The van der Waals surface area contributed by atoms with E-state index < -0.39 is 28.7 Å². The van der Waals surface area contributed by atoms with Gasteiger partial charge in [0.25, 0.3) is 5.91 Å². The summed E-state index contributed by atoms with van der Waals surface area (Å²) in [6, 6.07) is 4.77. The summed E-state index contributed by atoms with van der Waals surface area (Å²) < 4.78 is 48.3. The molecule has 1 amide bonds. The van der Waals surface area contributed by atoms with E-state index in [1.165, 1.54) is 29.4 Å². The molecule has 2 aromatic rings. The summed E-state index contributed by atoms with van der Waals surface area (Å²) >= 11 is 8.95. The lowest BCUT2D eigenvalue weighted by atomic mass is 10.0. The van der Waals surface area contributed by atoms with Gasteiger partial charge in [-0.25, -0.2) is 13.9 Å². The van der Waals surface area contributed by atoms with Gasteiger partial charge in [-0.1, -0.05) is 0 Å². The molecule has 4 rings (SSSR count). The smallest absolute Gasteiger partial charge is 0.417 e. The minimum Gasteiger partial charge on any atom is -0.460 e. The van der Waals surface area contributed by atoms with Gasteiger partial charge in [-0.3, -0.25) is 9.69 Å². The molecule has 0 spiro atoms. The van der Waals surface area contributed by atoms with Crippen LogP contribution in [0.4, 0.5) is 24.5 Å². The molecule has 1 aromatic heterocycles. The Hall–Kier alpha value is -2.82. The van der Waals surface area contributed by atoms with Crippen LogP contribution in [0.3, 0.4) is 0 Å². The molecule has 1 aromatic carbocycles. The first kappa shape index (κ1) is 25.3. The van der Waals surface area contributed by atoms with Crippen molar-refractivity contribution in [1.29, 1.82) is 5.26 Å². The molecule has 0 radical (unpaired) electrons. The van der Waals surface area contributed by atoms with E-state index in [0.717, 1.165) is 43.0 Å². The fourth-order valence-corrected chi connectivity index (χ4v) is 4.97. The molecule has 0 unspecified atom stereocenters. The van der Waals surface area contributed by atoms with Crippen molar-refractivity contribution in [2.45, 2.75) is 44.5 Å². The topological polar surface area (TPSA) is 85.6 Å². The second-order valence-corrected chi connectivity index (χ2v) is 9.98. The van der Waals surface area contributed by atoms with E-state index in [0.29, 0.717) is 5.69 Å². The Morgan fingerprint density at radius 1 is 1.20 bits per heavy atom. The molecule has 0 bridgehead atoms. The lowest BCUT2D eigenvalue weighted by Crippen LogP contribution is -2.44. The zero-order valence-corrected chi connectivity index (χ0v) is 21.1. The number of alkyl halides is 3. The van der Waals surface area contributed by atoms with Crippen molar-refractivity contribution in [3.8, 4) is 12.1 Å². The number of carbonyl (C=O) groups excluding carboxylic acids is 1. The first-order chi connectivity index (χ1) is 16.4. The van der Waals surface area contributed by atoms with Crippen LogP contribution in [0, 0.1) is 11.3 Å². The van der Waals surface area contributed by atoms with Crippen molar-refractivity contribution in [3.05, 3.63) is 41.7 Å². The third-order valence-electron chi connectivity index (χ3n) is 5.89. The Kier molecular flexibility index (Phi) is 6.74. The molecule has 3 heterocycles. The molecule has 35 heavy (non-hydrogen) atoms. The van der Waals surface area contributed by atoms with Crippen LogP contribution in [0.5, 0.6) is 6.01 Å². The number of anilines is 2. The maximum absolute atomic E-state index is 13.5. The van der Waals surface area contributed by atoms with Crippen LogP contribution in [-0.2, 0) is 11.0 Å². The van der Waals surface area contributed by atoms with Crippen LogP contribution in [-0.4, -0.2) is 49.6 Å². The number of piperidine rings is 1. The lowest BCUT2D eigenvalue weighted by Gasteiger charge is -2.29. The molecule has 184 valence electrons. The molecule has 8 nitrogen and oxygen atoms in total. The highest BCUT2D eigenvalue weighted by Crippen LogP contribution is 2.39. The van der Waals surface area contributed by atoms with Gasteiger partial charge in [0.2, 0.25) is 0 Å². The molecule has 13 heteroatoms. The second kappa shape index (κ2) is 9.33. The predicted molar refractivity (Wildman–Crippen MR) is 129 cm³/mol. The Balaban J connectivity index is 1.61. The van der Waals surface area contributed by atoms with Crippen LogP contribution in [0.2, 0.25) is 0 Å². The first-order valence-electron chi connectivity index (χ1n) is 10.6. The highest BCUT2D eigenvalue weighted by Gasteiger charge is 2.51. The number of ether oxygens (including phenoxy) is 1. The van der Waals surface area contributed by atoms with Gasteiger partial charge in [0.15, 0.2) is 5.11 Å². The number of nitriles is 1. The highest BCUT2D eigenvalue weighted by atomic mass is 79.9. The number of amides is 1. The van der Waals surface area contributed by atoms with Crippen LogP contribution in [0.25, 0.3) is 0 Å². The summed E-state index contributed by atoms with van der Waals surface area (Å²) in [6.07, 6.45) is -0.231. The molecule has 2 fully saturated rings. The molecular weight excluding hydrogens is 549 g/mol. The molecule has 2 aliphatic rings. The van der Waals surface area contributed by atoms with E-state index in [1.807, 2.05) is 3.93 Å². The zero-order chi connectivity index (χ0) is 25.5. The van der Waals surface area contributed by atoms with E-state index in [1.54, 1.807) is 13.8 Å². The Bertz CT molecular complexity index is 1190. The van der Waals surface area contributed by atoms with Crippen molar-refractivity contribution in [1.82, 2.24) is 13.9 Å². The van der Waals surface area contributed by atoms with Gasteiger partial charge in [-0.15, -0.1) is 0 Å². The highest BCUT2D eigenvalue weighted by molar-refractivity contribution is 9.07. The summed E-state index contributed by atoms with van der Waals surface area (Å²) in [5.74, 6) is -0.526. The third-order valence-corrected chi connectivity index (χ3v) is 6.96. The Morgan fingerprint density at radius 3 is 2.40 bits per heavy atom. The standard InChI is InChI=1S/C22H20BrF3N6O2S/c1-21(2)18(33)31(14-4-3-13(10-27)17(9-14)22(24,25)26)20(35)32(21)15-11-28-19(29-12-15)34-16-5-7-30(23)8-6-16/h3-4,9,11-12,16H,5-8H2,1-2H3. The molecule has 0 saturated carbocycles. The number of hydrogen-bond donors (Lipinski definition) is 0. The minimum absolute atomic E-state index is 0.0183. The van der Waals surface area contributed by atoms with Gasteiger partial charge in [0.05, 0.1) is 41.0 Å². The second-order valence-electron chi connectivity index (χ2n) is 8.61. The minimum atomic E-state index is -4.77. The molecule has 2 aliphatic heterocycles. The molecule has 0 N–H and O–H groups in total. The number of carbonyl (C=O) groups is 1. The summed E-state index contributed by atoms with van der Waals surface area (Å²) in [7, 11) is 0. The summed E-state index contributed by atoms with van der Waals surface area (Å²) in [5, 5.41) is 9.03. The van der Waals surface area contributed by atoms with Crippen molar-refractivity contribution >= 4 is 50.8 Å². The van der Waals surface area contributed by atoms with Gasteiger partial charge >= 0.3 is 12.2 Å². The maximum atomic E-state index is 13.5. The quantitative estimate of drug-likeness (QED) is 0.395. The number of nitrogens with zero attached hydrogens (tertiary/aromatic N) is 6. The van der Waals surface area contributed by atoms with Crippen molar-refractivity contribution in [2.24, 2.45) is 0 Å². The average molecular weight is 569 g/mol. The average Bonchev–Trinajstić information content (AvgIpc) is 2.98. The fourth-order valence-electron chi connectivity index (χ4n) is 4.04. The molecule has 0 atom stereocenters. The first-order valence-corrected chi connectivity index (χ1v) is 11.7. The number of thiocarbonyl (C=S) groups is 1. The van der Waals surface area contributed by atoms with Gasteiger partial charge in [0.1, 0.15) is 11.6 Å². The maximum Gasteiger partial charge on any atom is 0.417 e. The summed E-state index contributed by atoms with van der Waals surface area (Å²) in [5.41, 5.74) is -2.60. The normalized spacial score (nSPS) is 19.2.